The van der Waals surface area contributed by atoms with Crippen LogP contribution in [-0.4, -0.2) is 38.6 Å². The van der Waals surface area contributed by atoms with Crippen molar-refractivity contribution in [3.8, 4) is 0 Å². The number of halogens is 1. The Kier molecular flexibility index (Phi) is 3.62. The molecule has 2 rings (SSSR count). The van der Waals surface area contributed by atoms with Crippen molar-refractivity contribution in [1.29, 1.82) is 0 Å². The van der Waals surface area contributed by atoms with Gasteiger partial charge in [0.1, 0.15) is 12.3 Å². The van der Waals surface area contributed by atoms with Gasteiger partial charge in [0.05, 0.1) is 18.9 Å². The molecule has 0 bridgehead atoms. The second kappa shape index (κ2) is 4.88. The molecule has 100 valence electrons. The zero-order valence-corrected chi connectivity index (χ0v) is 10.4. The molecular weight excluding hydrogens is 263 g/mol. The molecule has 8 heteroatoms. The molecule has 1 aliphatic rings. The van der Waals surface area contributed by atoms with Crippen molar-refractivity contribution >= 4 is 12.2 Å². The van der Waals surface area contributed by atoms with Gasteiger partial charge in [-0.3, -0.25) is 14.3 Å². The Bertz CT molecular complexity index is 558. The zero-order chi connectivity index (χ0) is 13.4. The predicted octanol–water partition coefficient (Wildman–Crippen LogP) is -0.0683. The molecule has 6 nitrogen and oxygen atoms in total. The largest absolute Gasteiger partial charge is 0.394 e. The van der Waals surface area contributed by atoms with E-state index in [0.29, 0.717) is 0 Å². The van der Waals surface area contributed by atoms with E-state index < -0.39 is 29.8 Å². The van der Waals surface area contributed by atoms with E-state index >= 15 is 0 Å². The second-order valence-corrected chi connectivity index (χ2v) is 4.63. The van der Waals surface area contributed by atoms with Gasteiger partial charge in [0, 0.05) is 5.92 Å². The average molecular weight is 276 g/mol. The fraction of sp³-hybridized carbons (Fsp3) is 0.600. The van der Waals surface area contributed by atoms with Crippen molar-refractivity contribution in [3.05, 3.63) is 27.1 Å². The predicted molar refractivity (Wildman–Crippen MR) is 62.0 cm³/mol. The SMILES string of the molecule is CC1C(O)C(CO)OC1n1cc(F)c(=O)[nH]c1=S. The first-order valence-corrected chi connectivity index (χ1v) is 5.82. The van der Waals surface area contributed by atoms with Gasteiger partial charge in [-0.25, -0.2) is 0 Å². The summed E-state index contributed by atoms with van der Waals surface area (Å²) in [5, 5.41) is 18.8. The van der Waals surface area contributed by atoms with Gasteiger partial charge in [0.2, 0.25) is 5.82 Å². The van der Waals surface area contributed by atoms with Crippen LogP contribution in [0, 0.1) is 16.5 Å². The van der Waals surface area contributed by atoms with Crippen molar-refractivity contribution in [2.45, 2.75) is 25.4 Å². The molecule has 0 amide bonds. The molecule has 4 unspecified atom stereocenters. The smallest absolute Gasteiger partial charge is 0.287 e. The average Bonchev–Trinajstić information content (AvgIpc) is 2.61. The summed E-state index contributed by atoms with van der Waals surface area (Å²) in [5.74, 6) is -1.37. The number of aliphatic hydroxyl groups excluding tert-OH is 2. The van der Waals surface area contributed by atoms with E-state index in [1.807, 2.05) is 0 Å². The van der Waals surface area contributed by atoms with Crippen molar-refractivity contribution in [2.24, 2.45) is 5.92 Å². The van der Waals surface area contributed by atoms with Gasteiger partial charge in [0.25, 0.3) is 5.56 Å². The maximum atomic E-state index is 13.2. The topological polar surface area (TPSA) is 87.5 Å². The van der Waals surface area contributed by atoms with Crippen molar-refractivity contribution in [3.63, 3.8) is 0 Å². The second-order valence-electron chi connectivity index (χ2n) is 4.24. The summed E-state index contributed by atoms with van der Waals surface area (Å²) in [4.78, 5) is 13.2. The lowest BCUT2D eigenvalue weighted by Gasteiger charge is -2.18. The van der Waals surface area contributed by atoms with E-state index in [9.17, 15) is 14.3 Å². The molecule has 3 N–H and O–H groups in total. The quantitative estimate of drug-likeness (QED) is 0.658. The number of rotatable bonds is 2. The summed E-state index contributed by atoms with van der Waals surface area (Å²) in [5.41, 5.74) is -0.902. The first kappa shape index (κ1) is 13.3. The molecule has 0 spiro atoms. The van der Waals surface area contributed by atoms with Crippen LogP contribution in [0.5, 0.6) is 0 Å². The Hall–Kier alpha value is -1.09. The highest BCUT2D eigenvalue weighted by Gasteiger charge is 2.41. The van der Waals surface area contributed by atoms with Crippen LogP contribution in [0.2, 0.25) is 0 Å². The number of aliphatic hydroxyl groups is 2. The van der Waals surface area contributed by atoms with E-state index in [4.69, 9.17) is 22.1 Å². The first-order chi connectivity index (χ1) is 8.45. The minimum atomic E-state index is -0.985. The molecule has 18 heavy (non-hydrogen) atoms. The van der Waals surface area contributed by atoms with E-state index in [1.165, 1.54) is 4.57 Å². The van der Waals surface area contributed by atoms with Crippen LogP contribution in [0.3, 0.4) is 0 Å². The third-order valence-corrected chi connectivity index (χ3v) is 3.37. The fourth-order valence-electron chi connectivity index (χ4n) is 2.01. The molecule has 0 radical (unpaired) electrons. The zero-order valence-electron chi connectivity index (χ0n) is 9.54. The van der Waals surface area contributed by atoms with E-state index in [0.717, 1.165) is 6.20 Å². The van der Waals surface area contributed by atoms with Crippen LogP contribution in [-0.2, 0) is 4.74 Å². The Labute approximate surface area is 107 Å². The monoisotopic (exact) mass is 276 g/mol. The van der Waals surface area contributed by atoms with E-state index in [-0.39, 0.29) is 17.3 Å². The maximum Gasteiger partial charge on any atom is 0.287 e. The Morgan fingerprint density at radius 3 is 2.89 bits per heavy atom. The molecule has 1 aromatic rings. The van der Waals surface area contributed by atoms with Gasteiger partial charge in [-0.15, -0.1) is 0 Å². The van der Waals surface area contributed by atoms with Gasteiger partial charge >= 0.3 is 0 Å². The Morgan fingerprint density at radius 2 is 2.33 bits per heavy atom. The van der Waals surface area contributed by atoms with Crippen LogP contribution < -0.4 is 5.56 Å². The lowest BCUT2D eigenvalue weighted by Crippen LogP contribution is -2.28. The summed E-state index contributed by atoms with van der Waals surface area (Å²) in [6.45, 7) is 1.34. The molecule has 0 saturated carbocycles. The molecule has 1 fully saturated rings. The summed E-state index contributed by atoms with van der Waals surface area (Å²) in [7, 11) is 0. The summed E-state index contributed by atoms with van der Waals surface area (Å²) in [6.07, 6.45) is -1.41. The van der Waals surface area contributed by atoms with Crippen LogP contribution in [0.4, 0.5) is 4.39 Å². The lowest BCUT2D eigenvalue weighted by molar-refractivity contribution is -0.0473. The summed E-state index contributed by atoms with van der Waals surface area (Å²) >= 11 is 4.92. The molecule has 1 saturated heterocycles. The van der Waals surface area contributed by atoms with Crippen LogP contribution in [0.25, 0.3) is 0 Å². The van der Waals surface area contributed by atoms with Gasteiger partial charge in [-0.05, 0) is 12.2 Å². The van der Waals surface area contributed by atoms with Gasteiger partial charge < -0.3 is 14.9 Å². The third kappa shape index (κ3) is 2.12. The van der Waals surface area contributed by atoms with Crippen LogP contribution >= 0.6 is 12.2 Å². The van der Waals surface area contributed by atoms with E-state index in [1.54, 1.807) is 6.92 Å². The normalized spacial score (nSPS) is 31.8. The third-order valence-electron chi connectivity index (χ3n) is 3.06. The number of nitrogens with zero attached hydrogens (tertiary/aromatic N) is 1. The van der Waals surface area contributed by atoms with Gasteiger partial charge in [-0.2, -0.15) is 4.39 Å². The number of hydrogen-bond donors (Lipinski definition) is 3. The Morgan fingerprint density at radius 1 is 1.67 bits per heavy atom. The standard InChI is InChI=1S/C10H13FN2O4S/c1-4-7(15)6(3-14)17-9(4)13-2-5(11)8(16)12-10(13)18/h2,4,6-7,9,14-15H,3H2,1H3,(H,12,16,18). The highest BCUT2D eigenvalue weighted by Crippen LogP contribution is 2.34. The summed E-state index contributed by atoms with van der Waals surface area (Å²) in [6, 6.07) is 0. The molecule has 2 heterocycles. The molecule has 0 aromatic carbocycles. The molecule has 0 aliphatic carbocycles. The van der Waals surface area contributed by atoms with Crippen molar-refractivity contribution in [2.75, 3.05) is 6.61 Å². The minimum Gasteiger partial charge on any atom is -0.394 e. The van der Waals surface area contributed by atoms with Crippen LogP contribution in [0.1, 0.15) is 13.2 Å². The van der Waals surface area contributed by atoms with E-state index in [2.05, 4.69) is 4.98 Å². The maximum absolute atomic E-state index is 13.2. The number of nitrogens with one attached hydrogen (secondary N) is 1. The molecular formula is C10H13FN2O4S. The number of aromatic amines is 1. The number of H-pyrrole nitrogens is 1. The number of aromatic nitrogens is 2. The molecule has 4 atom stereocenters. The minimum absolute atomic E-state index is 0.00374. The van der Waals surface area contributed by atoms with Crippen LogP contribution in [0.15, 0.2) is 11.0 Å². The van der Waals surface area contributed by atoms with Crippen molar-refractivity contribution < 1.29 is 19.3 Å². The highest BCUT2D eigenvalue weighted by atomic mass is 32.1. The molecule has 1 aliphatic heterocycles. The lowest BCUT2D eigenvalue weighted by atomic mass is 10.0. The van der Waals surface area contributed by atoms with Gasteiger partial charge in [-0.1, -0.05) is 6.92 Å². The van der Waals surface area contributed by atoms with Crippen molar-refractivity contribution in [1.82, 2.24) is 9.55 Å². The van der Waals surface area contributed by atoms with Gasteiger partial charge in [0.15, 0.2) is 4.77 Å². The first-order valence-electron chi connectivity index (χ1n) is 5.41. The Balaban J connectivity index is 2.42. The summed E-state index contributed by atoms with van der Waals surface area (Å²) < 4.78 is 19.9. The number of hydrogen-bond acceptors (Lipinski definition) is 5. The highest BCUT2D eigenvalue weighted by molar-refractivity contribution is 7.71. The fourth-order valence-corrected chi connectivity index (χ4v) is 2.26. The molecule has 1 aromatic heterocycles. The number of ether oxygens (including phenoxy) is 1.